The smallest absolute Gasteiger partial charge is 0.240 e. The normalized spacial score (nSPS) is 10.8. The van der Waals surface area contributed by atoms with Gasteiger partial charge >= 0.3 is 0 Å². The molecule has 5 nitrogen and oxygen atoms in total. The number of methoxy groups -OCH3 is 2. The molecule has 0 radical (unpaired) electrons. The molecular formula is C14H20N2O3. The summed E-state index contributed by atoms with van der Waals surface area (Å²) in [5.41, 5.74) is 3.26. The molecule has 1 rings (SSSR count). The van der Waals surface area contributed by atoms with E-state index in [0.717, 1.165) is 5.56 Å². The van der Waals surface area contributed by atoms with Crippen molar-refractivity contribution in [2.75, 3.05) is 14.2 Å². The number of nitrogens with zero attached hydrogens (tertiary/aromatic N) is 1. The fourth-order valence-corrected chi connectivity index (χ4v) is 1.52. The molecule has 0 saturated heterocycles. The molecule has 1 aromatic carbocycles. The van der Waals surface area contributed by atoms with Crippen molar-refractivity contribution in [1.29, 1.82) is 0 Å². The minimum absolute atomic E-state index is 0.0984. The van der Waals surface area contributed by atoms with E-state index in [2.05, 4.69) is 10.5 Å². The highest BCUT2D eigenvalue weighted by Gasteiger charge is 2.04. The number of ether oxygens (including phenoxy) is 2. The van der Waals surface area contributed by atoms with Crippen LogP contribution in [0.1, 0.15) is 25.8 Å². The van der Waals surface area contributed by atoms with Crippen LogP contribution in [0.2, 0.25) is 0 Å². The number of hydrogen-bond donors (Lipinski definition) is 1. The second kappa shape index (κ2) is 7.41. The van der Waals surface area contributed by atoms with E-state index in [0.29, 0.717) is 23.8 Å². The van der Waals surface area contributed by atoms with E-state index in [1.807, 2.05) is 19.9 Å². The van der Waals surface area contributed by atoms with Crippen LogP contribution >= 0.6 is 0 Å². The Hall–Kier alpha value is -2.04. The predicted octanol–water partition coefficient (Wildman–Crippen LogP) is 2.20. The number of rotatable bonds is 6. The average Bonchev–Trinajstić information content (AvgIpc) is 2.38. The molecule has 1 N–H and O–H groups in total. The maximum atomic E-state index is 11.4. The summed E-state index contributed by atoms with van der Waals surface area (Å²) < 4.78 is 10.3. The number of hydrogen-bond acceptors (Lipinski definition) is 4. The van der Waals surface area contributed by atoms with Gasteiger partial charge in [-0.3, -0.25) is 4.79 Å². The van der Waals surface area contributed by atoms with Gasteiger partial charge in [0.2, 0.25) is 5.91 Å². The van der Waals surface area contributed by atoms with Crippen molar-refractivity contribution in [2.24, 2.45) is 11.0 Å². The first-order chi connectivity index (χ1) is 9.06. The number of carbonyl (C=O) groups excluding carboxylic acids is 1. The number of benzene rings is 1. The lowest BCUT2D eigenvalue weighted by molar-refractivity contribution is -0.121. The Morgan fingerprint density at radius 1 is 1.37 bits per heavy atom. The molecule has 0 aliphatic heterocycles. The minimum Gasteiger partial charge on any atom is -0.497 e. The van der Waals surface area contributed by atoms with Gasteiger partial charge < -0.3 is 9.47 Å². The van der Waals surface area contributed by atoms with Crippen LogP contribution < -0.4 is 14.9 Å². The number of amides is 1. The highest BCUT2D eigenvalue weighted by atomic mass is 16.5. The Kier molecular flexibility index (Phi) is 5.85. The monoisotopic (exact) mass is 264 g/mol. The van der Waals surface area contributed by atoms with E-state index < -0.39 is 0 Å². The molecule has 0 aromatic heterocycles. The predicted molar refractivity (Wildman–Crippen MR) is 74.7 cm³/mol. The van der Waals surface area contributed by atoms with Crippen molar-refractivity contribution in [3.63, 3.8) is 0 Å². The Morgan fingerprint density at radius 3 is 2.68 bits per heavy atom. The van der Waals surface area contributed by atoms with Crippen LogP contribution in [0.3, 0.4) is 0 Å². The summed E-state index contributed by atoms with van der Waals surface area (Å²) in [7, 11) is 3.16. The summed E-state index contributed by atoms with van der Waals surface area (Å²) in [6, 6.07) is 5.38. The molecule has 0 unspecified atom stereocenters. The largest absolute Gasteiger partial charge is 0.497 e. The van der Waals surface area contributed by atoms with Crippen LogP contribution in [0.4, 0.5) is 0 Å². The first kappa shape index (κ1) is 15.0. The summed E-state index contributed by atoms with van der Waals surface area (Å²) in [6.45, 7) is 3.96. The molecule has 1 aromatic rings. The van der Waals surface area contributed by atoms with Gasteiger partial charge in [0, 0.05) is 18.1 Å². The van der Waals surface area contributed by atoms with Crippen molar-refractivity contribution >= 4 is 12.1 Å². The molecule has 0 heterocycles. The van der Waals surface area contributed by atoms with Gasteiger partial charge in [-0.25, -0.2) is 5.43 Å². The van der Waals surface area contributed by atoms with Crippen molar-refractivity contribution in [2.45, 2.75) is 20.3 Å². The quantitative estimate of drug-likeness (QED) is 0.633. The van der Waals surface area contributed by atoms with Gasteiger partial charge in [-0.05, 0) is 18.1 Å². The molecule has 0 bridgehead atoms. The van der Waals surface area contributed by atoms with E-state index in [4.69, 9.17) is 9.47 Å². The molecule has 0 aliphatic rings. The first-order valence-corrected chi connectivity index (χ1v) is 6.10. The third kappa shape index (κ3) is 4.99. The fourth-order valence-electron chi connectivity index (χ4n) is 1.52. The molecule has 1 amide bonds. The van der Waals surface area contributed by atoms with Gasteiger partial charge in [-0.2, -0.15) is 5.10 Å². The number of hydrazone groups is 1. The summed E-state index contributed by atoms with van der Waals surface area (Å²) in [5.74, 6) is 1.56. The SMILES string of the molecule is COc1ccc(/C=N/NC(=O)CC(C)C)c(OC)c1. The van der Waals surface area contributed by atoms with Crippen LogP contribution in [0.15, 0.2) is 23.3 Å². The van der Waals surface area contributed by atoms with Crippen molar-refractivity contribution in [3.8, 4) is 11.5 Å². The molecule has 0 atom stereocenters. The fraction of sp³-hybridized carbons (Fsp3) is 0.429. The third-order valence-electron chi connectivity index (χ3n) is 2.43. The van der Waals surface area contributed by atoms with E-state index >= 15 is 0 Å². The third-order valence-corrected chi connectivity index (χ3v) is 2.43. The Morgan fingerprint density at radius 2 is 2.11 bits per heavy atom. The number of carbonyl (C=O) groups is 1. The van der Waals surface area contributed by atoms with Crippen molar-refractivity contribution < 1.29 is 14.3 Å². The molecule has 0 aliphatic carbocycles. The first-order valence-electron chi connectivity index (χ1n) is 6.10. The van der Waals surface area contributed by atoms with Crippen molar-refractivity contribution in [1.82, 2.24) is 5.43 Å². The Labute approximate surface area is 113 Å². The van der Waals surface area contributed by atoms with E-state index in [-0.39, 0.29) is 5.91 Å². The lowest BCUT2D eigenvalue weighted by atomic mass is 10.1. The van der Waals surface area contributed by atoms with Crippen LogP contribution in [-0.2, 0) is 4.79 Å². The maximum absolute atomic E-state index is 11.4. The van der Waals surface area contributed by atoms with Gasteiger partial charge in [0.15, 0.2) is 0 Å². The molecule has 0 fully saturated rings. The second-order valence-electron chi connectivity index (χ2n) is 4.50. The second-order valence-corrected chi connectivity index (χ2v) is 4.50. The molecule has 5 heteroatoms. The summed E-state index contributed by atoms with van der Waals surface area (Å²) in [5, 5.41) is 3.91. The number of nitrogens with one attached hydrogen (secondary N) is 1. The zero-order valence-corrected chi connectivity index (χ0v) is 11.8. The summed E-state index contributed by atoms with van der Waals surface area (Å²) >= 11 is 0. The van der Waals surface area contributed by atoms with Crippen LogP contribution in [0, 0.1) is 5.92 Å². The maximum Gasteiger partial charge on any atom is 0.240 e. The van der Waals surface area contributed by atoms with Gasteiger partial charge in [0.25, 0.3) is 0 Å². The van der Waals surface area contributed by atoms with Crippen LogP contribution in [0.5, 0.6) is 11.5 Å². The average molecular weight is 264 g/mol. The van der Waals surface area contributed by atoms with E-state index in [9.17, 15) is 4.79 Å². The Balaban J connectivity index is 2.68. The summed E-state index contributed by atoms with van der Waals surface area (Å²) in [6.07, 6.45) is 2.01. The van der Waals surface area contributed by atoms with Crippen LogP contribution in [-0.4, -0.2) is 26.3 Å². The lowest BCUT2D eigenvalue weighted by Crippen LogP contribution is -2.19. The zero-order valence-electron chi connectivity index (χ0n) is 11.8. The molecular weight excluding hydrogens is 244 g/mol. The zero-order chi connectivity index (χ0) is 14.3. The lowest BCUT2D eigenvalue weighted by Gasteiger charge is -2.07. The highest BCUT2D eigenvalue weighted by molar-refractivity contribution is 5.85. The molecule has 19 heavy (non-hydrogen) atoms. The van der Waals surface area contributed by atoms with E-state index in [1.165, 1.54) is 0 Å². The summed E-state index contributed by atoms with van der Waals surface area (Å²) in [4.78, 5) is 11.4. The minimum atomic E-state index is -0.0984. The van der Waals surface area contributed by atoms with Gasteiger partial charge in [0.1, 0.15) is 11.5 Å². The Bertz CT molecular complexity index is 456. The van der Waals surface area contributed by atoms with Gasteiger partial charge in [-0.1, -0.05) is 13.8 Å². The molecule has 0 spiro atoms. The molecule has 104 valence electrons. The topological polar surface area (TPSA) is 59.9 Å². The van der Waals surface area contributed by atoms with Crippen molar-refractivity contribution in [3.05, 3.63) is 23.8 Å². The van der Waals surface area contributed by atoms with Gasteiger partial charge in [0.05, 0.1) is 20.4 Å². The van der Waals surface area contributed by atoms with E-state index in [1.54, 1.807) is 32.6 Å². The highest BCUT2D eigenvalue weighted by Crippen LogP contribution is 2.22. The molecule has 0 saturated carbocycles. The van der Waals surface area contributed by atoms with Gasteiger partial charge in [-0.15, -0.1) is 0 Å². The van der Waals surface area contributed by atoms with Crippen LogP contribution in [0.25, 0.3) is 0 Å². The standard InChI is InChI=1S/C14H20N2O3/c1-10(2)7-14(17)16-15-9-11-5-6-12(18-3)8-13(11)19-4/h5-6,8-10H,7H2,1-4H3,(H,16,17)/b15-9+.